The van der Waals surface area contributed by atoms with Crippen molar-refractivity contribution in [1.82, 2.24) is 5.32 Å². The Labute approximate surface area is 62.1 Å². The summed E-state index contributed by atoms with van der Waals surface area (Å²) in [5, 5.41) is 3.16. The second-order valence-electron chi connectivity index (χ2n) is 2.36. The molecule has 0 unspecified atom stereocenters. The van der Waals surface area contributed by atoms with Crippen LogP contribution in [-0.2, 0) is 0 Å². The Bertz CT molecular complexity index is 166. The molecule has 54 valence electrons. The van der Waals surface area contributed by atoms with Gasteiger partial charge in [0.2, 0.25) is 0 Å². The highest BCUT2D eigenvalue weighted by Crippen LogP contribution is 2.07. The first kappa shape index (κ1) is 7.13. The fourth-order valence-electron chi connectivity index (χ4n) is 0.941. The Hall–Kier alpha value is -0.980. The van der Waals surface area contributed by atoms with Crippen molar-refractivity contribution in [3.8, 4) is 0 Å². The van der Waals surface area contributed by atoms with Gasteiger partial charge in [0.15, 0.2) is 0 Å². The highest BCUT2D eigenvalue weighted by Gasteiger charge is 1.93. The molecule has 1 N–H and O–H groups in total. The van der Waals surface area contributed by atoms with E-state index in [0.717, 1.165) is 19.4 Å². The molecule has 0 fully saturated rings. The average Bonchev–Trinajstić information content (AvgIpc) is 2.03. The van der Waals surface area contributed by atoms with Crippen LogP contribution in [0.1, 0.15) is 12.8 Å². The van der Waals surface area contributed by atoms with Gasteiger partial charge in [0, 0.05) is 6.54 Å². The van der Waals surface area contributed by atoms with Gasteiger partial charge in [0.05, 0.1) is 0 Å². The van der Waals surface area contributed by atoms with Gasteiger partial charge in [0.25, 0.3) is 0 Å². The Balaban J connectivity index is 2.32. The normalized spacial score (nSPS) is 15.8. The van der Waals surface area contributed by atoms with Crippen LogP contribution < -0.4 is 5.32 Å². The predicted molar refractivity (Wildman–Crippen MR) is 44.7 cm³/mol. The summed E-state index contributed by atoms with van der Waals surface area (Å²) in [5.41, 5.74) is 1.37. The average molecular weight is 135 g/mol. The summed E-state index contributed by atoms with van der Waals surface area (Å²) in [6, 6.07) is 0. The van der Waals surface area contributed by atoms with E-state index < -0.39 is 0 Å². The van der Waals surface area contributed by atoms with E-state index in [9.17, 15) is 0 Å². The third-order valence-electron chi connectivity index (χ3n) is 1.49. The SMILES string of the molecule is C=CCCC1=CNCC=C1. The molecule has 0 aromatic carbocycles. The number of allylic oxidation sites excluding steroid dienone is 3. The molecule has 0 saturated heterocycles. The fraction of sp³-hybridized carbons (Fsp3) is 0.333. The second-order valence-corrected chi connectivity index (χ2v) is 2.36. The zero-order chi connectivity index (χ0) is 7.23. The first-order valence-corrected chi connectivity index (χ1v) is 3.63. The van der Waals surface area contributed by atoms with Gasteiger partial charge in [-0.05, 0) is 24.6 Å². The predicted octanol–water partition coefficient (Wildman–Crippen LogP) is 2.00. The molecule has 0 aromatic heterocycles. The molecule has 0 aromatic rings. The number of rotatable bonds is 3. The van der Waals surface area contributed by atoms with Crippen molar-refractivity contribution in [2.45, 2.75) is 12.8 Å². The summed E-state index contributed by atoms with van der Waals surface area (Å²) in [7, 11) is 0. The molecule has 1 aliphatic rings. The number of nitrogens with one attached hydrogen (secondary N) is 1. The highest BCUT2D eigenvalue weighted by molar-refractivity contribution is 5.21. The quantitative estimate of drug-likeness (QED) is 0.583. The van der Waals surface area contributed by atoms with Crippen molar-refractivity contribution in [2.24, 2.45) is 0 Å². The zero-order valence-corrected chi connectivity index (χ0v) is 6.14. The summed E-state index contributed by atoms with van der Waals surface area (Å²) in [4.78, 5) is 0. The molecule has 0 aliphatic carbocycles. The minimum Gasteiger partial charge on any atom is -0.387 e. The Morgan fingerprint density at radius 2 is 2.60 bits per heavy atom. The Kier molecular flexibility index (Phi) is 2.81. The van der Waals surface area contributed by atoms with Gasteiger partial charge < -0.3 is 5.32 Å². The zero-order valence-electron chi connectivity index (χ0n) is 6.14. The lowest BCUT2D eigenvalue weighted by atomic mass is 10.1. The molecule has 0 amide bonds. The van der Waals surface area contributed by atoms with Crippen molar-refractivity contribution < 1.29 is 0 Å². The third kappa shape index (κ3) is 2.09. The van der Waals surface area contributed by atoms with Gasteiger partial charge in [-0.1, -0.05) is 18.2 Å². The maximum atomic E-state index is 3.67. The van der Waals surface area contributed by atoms with E-state index in [1.165, 1.54) is 5.57 Å². The summed E-state index contributed by atoms with van der Waals surface area (Å²) in [6.45, 7) is 4.64. The van der Waals surface area contributed by atoms with Crippen LogP contribution in [0.15, 0.2) is 36.6 Å². The van der Waals surface area contributed by atoms with E-state index in [4.69, 9.17) is 0 Å². The van der Waals surface area contributed by atoms with E-state index >= 15 is 0 Å². The van der Waals surface area contributed by atoms with E-state index in [-0.39, 0.29) is 0 Å². The van der Waals surface area contributed by atoms with Crippen molar-refractivity contribution >= 4 is 0 Å². The largest absolute Gasteiger partial charge is 0.387 e. The minimum absolute atomic E-state index is 0.970. The van der Waals surface area contributed by atoms with Crippen LogP contribution >= 0.6 is 0 Å². The lowest BCUT2D eigenvalue weighted by Crippen LogP contribution is -2.08. The number of hydrogen-bond donors (Lipinski definition) is 1. The first-order valence-electron chi connectivity index (χ1n) is 3.63. The molecule has 1 heteroatoms. The molecule has 1 nitrogen and oxygen atoms in total. The maximum Gasteiger partial charge on any atom is 0.0328 e. The lowest BCUT2D eigenvalue weighted by Gasteiger charge is -2.06. The van der Waals surface area contributed by atoms with Gasteiger partial charge in [0.1, 0.15) is 0 Å². The molecule has 0 radical (unpaired) electrons. The van der Waals surface area contributed by atoms with Crippen LogP contribution in [0, 0.1) is 0 Å². The van der Waals surface area contributed by atoms with Crippen LogP contribution in [-0.4, -0.2) is 6.54 Å². The molecule has 1 aliphatic heterocycles. The lowest BCUT2D eigenvalue weighted by molar-refractivity contribution is 0.907. The monoisotopic (exact) mass is 135 g/mol. The van der Waals surface area contributed by atoms with Crippen molar-refractivity contribution in [3.05, 3.63) is 36.6 Å². The van der Waals surface area contributed by atoms with Crippen molar-refractivity contribution in [2.75, 3.05) is 6.54 Å². The van der Waals surface area contributed by atoms with Crippen LogP contribution in [0.2, 0.25) is 0 Å². The molecular weight excluding hydrogens is 122 g/mol. The molecular formula is C9H13N. The summed E-state index contributed by atoms with van der Waals surface area (Å²) < 4.78 is 0. The van der Waals surface area contributed by atoms with Crippen LogP contribution in [0.4, 0.5) is 0 Å². The molecule has 1 rings (SSSR count). The van der Waals surface area contributed by atoms with Gasteiger partial charge in [-0.15, -0.1) is 6.58 Å². The van der Waals surface area contributed by atoms with E-state index in [0.29, 0.717) is 0 Å². The summed E-state index contributed by atoms with van der Waals surface area (Å²) >= 11 is 0. The molecule has 0 saturated carbocycles. The van der Waals surface area contributed by atoms with Gasteiger partial charge in [-0.2, -0.15) is 0 Å². The molecule has 10 heavy (non-hydrogen) atoms. The Morgan fingerprint density at radius 1 is 1.70 bits per heavy atom. The smallest absolute Gasteiger partial charge is 0.0328 e. The molecule has 0 atom stereocenters. The molecule has 0 bridgehead atoms. The standard InChI is InChI=1S/C9H13N/c1-2-3-5-9-6-4-7-10-8-9/h2,4,6,8,10H,1,3,5,7H2. The fourth-order valence-corrected chi connectivity index (χ4v) is 0.941. The van der Waals surface area contributed by atoms with Gasteiger partial charge in [-0.3, -0.25) is 0 Å². The second kappa shape index (κ2) is 3.94. The van der Waals surface area contributed by atoms with E-state index in [1.807, 2.05) is 6.08 Å². The Morgan fingerprint density at radius 3 is 3.20 bits per heavy atom. The first-order chi connectivity index (χ1) is 4.93. The summed E-state index contributed by atoms with van der Waals surface area (Å²) in [5.74, 6) is 0. The van der Waals surface area contributed by atoms with Crippen LogP contribution in [0.25, 0.3) is 0 Å². The molecule has 0 spiro atoms. The van der Waals surface area contributed by atoms with E-state index in [2.05, 4.69) is 30.2 Å². The molecule has 1 heterocycles. The van der Waals surface area contributed by atoms with Gasteiger partial charge >= 0.3 is 0 Å². The topological polar surface area (TPSA) is 12.0 Å². The summed E-state index contributed by atoms with van der Waals surface area (Å²) in [6.07, 6.45) is 10.5. The van der Waals surface area contributed by atoms with Crippen LogP contribution in [0.5, 0.6) is 0 Å². The third-order valence-corrected chi connectivity index (χ3v) is 1.49. The van der Waals surface area contributed by atoms with Crippen LogP contribution in [0.3, 0.4) is 0 Å². The van der Waals surface area contributed by atoms with Gasteiger partial charge in [-0.25, -0.2) is 0 Å². The maximum absolute atomic E-state index is 3.67. The van der Waals surface area contributed by atoms with E-state index in [1.54, 1.807) is 0 Å². The van der Waals surface area contributed by atoms with Crippen molar-refractivity contribution in [1.29, 1.82) is 0 Å². The minimum atomic E-state index is 0.970. The highest BCUT2D eigenvalue weighted by atomic mass is 14.8. The number of dihydropyridines is 1. The number of hydrogen-bond acceptors (Lipinski definition) is 1. The van der Waals surface area contributed by atoms with Crippen molar-refractivity contribution in [3.63, 3.8) is 0 Å².